The molecule has 1 saturated heterocycles. The molecule has 2 aromatic rings. The van der Waals surface area contributed by atoms with Gasteiger partial charge in [-0.15, -0.1) is 0 Å². The van der Waals surface area contributed by atoms with Crippen molar-refractivity contribution >= 4 is 5.82 Å². The van der Waals surface area contributed by atoms with E-state index < -0.39 is 0 Å². The van der Waals surface area contributed by atoms with E-state index in [0.29, 0.717) is 25.6 Å². The molecular formula is C16H20N4O. The summed E-state index contributed by atoms with van der Waals surface area (Å²) < 4.78 is 5.54. The monoisotopic (exact) mass is 284 g/mol. The maximum Gasteiger partial charge on any atom is 0.141 e. The van der Waals surface area contributed by atoms with Crippen molar-refractivity contribution in [2.75, 3.05) is 18.9 Å². The Labute approximate surface area is 124 Å². The number of anilines is 1. The fourth-order valence-corrected chi connectivity index (χ4v) is 2.93. The average molecular weight is 284 g/mol. The standard InChI is InChI=1S/C16H20N4O/c17-10-12-11-19-15(20-14(12)18)16(6-8-21-9-7-16)13-4-2-1-3-5-13/h1-5,11H,6-10,17H2,(H2,18,19,20). The number of nitrogen functional groups attached to an aromatic ring is 1. The molecule has 3 rings (SSSR count). The van der Waals surface area contributed by atoms with Gasteiger partial charge in [0.2, 0.25) is 0 Å². The largest absolute Gasteiger partial charge is 0.383 e. The van der Waals surface area contributed by atoms with E-state index in [9.17, 15) is 0 Å². The Morgan fingerprint density at radius 2 is 1.86 bits per heavy atom. The predicted octanol–water partition coefficient (Wildman–Crippen LogP) is 1.61. The lowest BCUT2D eigenvalue weighted by molar-refractivity contribution is 0.0605. The van der Waals surface area contributed by atoms with Gasteiger partial charge >= 0.3 is 0 Å². The summed E-state index contributed by atoms with van der Waals surface area (Å²) in [7, 11) is 0. The third-order valence-corrected chi connectivity index (χ3v) is 4.22. The molecule has 2 heterocycles. The van der Waals surface area contributed by atoms with E-state index in [1.54, 1.807) is 6.20 Å². The molecule has 0 saturated carbocycles. The third-order valence-electron chi connectivity index (χ3n) is 4.22. The molecule has 4 N–H and O–H groups in total. The lowest BCUT2D eigenvalue weighted by Gasteiger charge is -2.36. The van der Waals surface area contributed by atoms with Crippen molar-refractivity contribution < 1.29 is 4.74 Å². The normalized spacial score (nSPS) is 17.6. The molecular weight excluding hydrogens is 264 g/mol. The van der Waals surface area contributed by atoms with Crippen LogP contribution in [0.2, 0.25) is 0 Å². The Kier molecular flexibility index (Phi) is 3.86. The van der Waals surface area contributed by atoms with Crippen molar-refractivity contribution in [2.45, 2.75) is 24.8 Å². The van der Waals surface area contributed by atoms with Gasteiger partial charge in [0.1, 0.15) is 11.6 Å². The zero-order chi connectivity index (χ0) is 14.7. The first-order valence-corrected chi connectivity index (χ1v) is 7.21. The molecule has 0 aliphatic carbocycles. The lowest BCUT2D eigenvalue weighted by Crippen LogP contribution is -2.37. The molecule has 110 valence electrons. The molecule has 0 radical (unpaired) electrons. The van der Waals surface area contributed by atoms with E-state index in [-0.39, 0.29) is 5.41 Å². The number of nitrogens with two attached hydrogens (primary N) is 2. The number of aromatic nitrogens is 2. The van der Waals surface area contributed by atoms with Crippen molar-refractivity contribution in [3.63, 3.8) is 0 Å². The molecule has 0 bridgehead atoms. The molecule has 1 aromatic carbocycles. The van der Waals surface area contributed by atoms with Crippen LogP contribution in [0, 0.1) is 0 Å². The minimum absolute atomic E-state index is 0.221. The van der Waals surface area contributed by atoms with Crippen molar-refractivity contribution in [3.05, 3.63) is 53.5 Å². The lowest BCUT2D eigenvalue weighted by atomic mass is 9.73. The van der Waals surface area contributed by atoms with Crippen LogP contribution in [-0.4, -0.2) is 23.2 Å². The summed E-state index contributed by atoms with van der Waals surface area (Å²) in [6.07, 6.45) is 3.47. The number of hydrogen-bond donors (Lipinski definition) is 2. The summed E-state index contributed by atoms with van der Waals surface area (Å²) in [6.45, 7) is 1.77. The van der Waals surface area contributed by atoms with Crippen LogP contribution in [0.3, 0.4) is 0 Å². The highest BCUT2D eigenvalue weighted by molar-refractivity contribution is 5.41. The van der Waals surface area contributed by atoms with Gasteiger partial charge in [-0.3, -0.25) is 0 Å². The Bertz CT molecular complexity index is 609. The number of benzene rings is 1. The van der Waals surface area contributed by atoms with E-state index in [0.717, 1.165) is 24.2 Å². The minimum Gasteiger partial charge on any atom is -0.383 e. The molecule has 21 heavy (non-hydrogen) atoms. The zero-order valence-electron chi connectivity index (χ0n) is 12.0. The fourth-order valence-electron chi connectivity index (χ4n) is 2.93. The quantitative estimate of drug-likeness (QED) is 0.894. The Morgan fingerprint density at radius 1 is 1.14 bits per heavy atom. The van der Waals surface area contributed by atoms with Gasteiger partial charge in [0, 0.05) is 31.5 Å². The number of rotatable bonds is 3. The number of hydrogen-bond acceptors (Lipinski definition) is 5. The highest BCUT2D eigenvalue weighted by atomic mass is 16.5. The first-order valence-electron chi connectivity index (χ1n) is 7.21. The first kappa shape index (κ1) is 14.0. The Balaban J connectivity index is 2.10. The van der Waals surface area contributed by atoms with Crippen LogP contribution in [0.1, 0.15) is 29.8 Å². The van der Waals surface area contributed by atoms with Gasteiger partial charge < -0.3 is 16.2 Å². The molecule has 0 spiro atoms. The van der Waals surface area contributed by atoms with E-state index in [2.05, 4.69) is 22.1 Å². The molecule has 1 aliphatic heterocycles. The number of nitrogens with zero attached hydrogens (tertiary/aromatic N) is 2. The first-order chi connectivity index (χ1) is 10.3. The topological polar surface area (TPSA) is 87.0 Å². The van der Waals surface area contributed by atoms with Gasteiger partial charge in [-0.1, -0.05) is 30.3 Å². The minimum atomic E-state index is -0.221. The van der Waals surface area contributed by atoms with Gasteiger partial charge in [-0.2, -0.15) is 0 Å². The highest BCUT2D eigenvalue weighted by Crippen LogP contribution is 2.39. The van der Waals surface area contributed by atoms with E-state index in [1.807, 2.05) is 18.2 Å². The van der Waals surface area contributed by atoms with Crippen LogP contribution in [0.15, 0.2) is 36.5 Å². The summed E-state index contributed by atoms with van der Waals surface area (Å²) >= 11 is 0. The van der Waals surface area contributed by atoms with Crippen LogP contribution in [0.25, 0.3) is 0 Å². The average Bonchev–Trinajstić information content (AvgIpc) is 2.56. The summed E-state index contributed by atoms with van der Waals surface area (Å²) in [4.78, 5) is 9.10. The fraction of sp³-hybridized carbons (Fsp3) is 0.375. The van der Waals surface area contributed by atoms with Gasteiger partial charge in [0.15, 0.2) is 0 Å². The van der Waals surface area contributed by atoms with Crippen molar-refractivity contribution in [2.24, 2.45) is 5.73 Å². The van der Waals surface area contributed by atoms with Crippen LogP contribution >= 0.6 is 0 Å². The van der Waals surface area contributed by atoms with E-state index in [4.69, 9.17) is 16.2 Å². The van der Waals surface area contributed by atoms with Crippen LogP contribution in [0.4, 0.5) is 5.82 Å². The SMILES string of the molecule is NCc1cnc(C2(c3ccccc3)CCOCC2)nc1N. The van der Waals surface area contributed by atoms with Crippen molar-refractivity contribution in [3.8, 4) is 0 Å². The molecule has 1 aliphatic rings. The molecule has 5 heteroatoms. The van der Waals surface area contributed by atoms with Crippen molar-refractivity contribution in [1.82, 2.24) is 9.97 Å². The van der Waals surface area contributed by atoms with Gasteiger partial charge in [0.05, 0.1) is 5.41 Å². The van der Waals surface area contributed by atoms with Crippen LogP contribution in [0.5, 0.6) is 0 Å². The smallest absolute Gasteiger partial charge is 0.141 e. The summed E-state index contributed by atoms with van der Waals surface area (Å²) in [5.74, 6) is 1.25. The zero-order valence-corrected chi connectivity index (χ0v) is 12.0. The van der Waals surface area contributed by atoms with Gasteiger partial charge in [0.25, 0.3) is 0 Å². The number of ether oxygens (including phenoxy) is 1. The van der Waals surface area contributed by atoms with E-state index >= 15 is 0 Å². The second-order valence-electron chi connectivity index (χ2n) is 5.37. The molecule has 1 aromatic heterocycles. The second-order valence-corrected chi connectivity index (χ2v) is 5.37. The molecule has 0 amide bonds. The summed E-state index contributed by atoms with van der Waals surface area (Å²) in [6, 6.07) is 10.4. The van der Waals surface area contributed by atoms with E-state index in [1.165, 1.54) is 5.56 Å². The molecule has 5 nitrogen and oxygen atoms in total. The maximum atomic E-state index is 6.01. The summed E-state index contributed by atoms with van der Waals surface area (Å²) in [5.41, 5.74) is 13.4. The molecule has 0 atom stereocenters. The molecule has 0 unspecified atom stereocenters. The maximum absolute atomic E-state index is 6.01. The van der Waals surface area contributed by atoms with Gasteiger partial charge in [-0.05, 0) is 18.4 Å². The van der Waals surface area contributed by atoms with Gasteiger partial charge in [-0.25, -0.2) is 9.97 Å². The predicted molar refractivity (Wildman–Crippen MR) is 81.6 cm³/mol. The molecule has 1 fully saturated rings. The third kappa shape index (κ3) is 2.50. The second kappa shape index (κ2) is 5.79. The van der Waals surface area contributed by atoms with Crippen LogP contribution in [-0.2, 0) is 16.7 Å². The van der Waals surface area contributed by atoms with Crippen LogP contribution < -0.4 is 11.5 Å². The van der Waals surface area contributed by atoms with Crippen molar-refractivity contribution in [1.29, 1.82) is 0 Å². The highest BCUT2D eigenvalue weighted by Gasteiger charge is 2.39. The Morgan fingerprint density at radius 3 is 2.48 bits per heavy atom. The summed E-state index contributed by atoms with van der Waals surface area (Å²) in [5, 5.41) is 0. The Hall–Kier alpha value is -1.98.